The van der Waals surface area contributed by atoms with Crippen LogP contribution >= 0.6 is 23.4 Å². The van der Waals surface area contributed by atoms with Gasteiger partial charge in [0.15, 0.2) is 0 Å². The molecule has 0 radical (unpaired) electrons. The third-order valence-corrected chi connectivity index (χ3v) is 4.74. The zero-order valence-electron chi connectivity index (χ0n) is 12.1. The van der Waals surface area contributed by atoms with Crippen LogP contribution in [0.15, 0.2) is 47.4 Å². The Morgan fingerprint density at radius 3 is 2.40 bits per heavy atom. The zero-order chi connectivity index (χ0) is 14.5. The summed E-state index contributed by atoms with van der Waals surface area (Å²) in [5, 5.41) is 4.20. The first kappa shape index (κ1) is 15.4. The molecular weight excluding hydrogens is 286 g/mol. The van der Waals surface area contributed by atoms with Crippen LogP contribution in [0.4, 0.5) is 0 Å². The second-order valence-electron chi connectivity index (χ2n) is 4.97. The van der Waals surface area contributed by atoms with Crippen molar-refractivity contribution < 1.29 is 0 Å². The van der Waals surface area contributed by atoms with Crippen molar-refractivity contribution in [2.24, 2.45) is 0 Å². The number of nitrogens with one attached hydrogen (secondary N) is 1. The Hall–Kier alpha value is -0.960. The summed E-state index contributed by atoms with van der Waals surface area (Å²) in [6.07, 6.45) is 0. The van der Waals surface area contributed by atoms with E-state index in [2.05, 4.69) is 49.5 Å². The van der Waals surface area contributed by atoms with E-state index in [0.29, 0.717) is 6.04 Å². The monoisotopic (exact) mass is 305 g/mol. The molecule has 20 heavy (non-hydrogen) atoms. The van der Waals surface area contributed by atoms with Crippen LogP contribution in [-0.2, 0) is 0 Å². The normalized spacial score (nSPS) is 12.4. The van der Waals surface area contributed by atoms with Gasteiger partial charge in [-0.15, -0.1) is 11.8 Å². The Morgan fingerprint density at radius 1 is 1.10 bits per heavy atom. The summed E-state index contributed by atoms with van der Waals surface area (Å²) in [5.74, 6) is 1.00. The van der Waals surface area contributed by atoms with Crippen molar-refractivity contribution in [1.82, 2.24) is 5.32 Å². The lowest BCUT2D eigenvalue weighted by Gasteiger charge is -2.19. The molecule has 2 aromatic carbocycles. The number of rotatable bonds is 5. The maximum Gasteiger partial charge on any atom is 0.0415 e. The number of benzene rings is 2. The topological polar surface area (TPSA) is 12.0 Å². The lowest BCUT2D eigenvalue weighted by atomic mass is 10.0. The molecule has 0 saturated carbocycles. The fourth-order valence-corrected chi connectivity index (χ4v) is 3.42. The number of hydrogen-bond donors (Lipinski definition) is 1. The lowest BCUT2D eigenvalue weighted by Crippen LogP contribution is -2.19. The van der Waals surface area contributed by atoms with Crippen LogP contribution in [0.2, 0.25) is 5.02 Å². The number of halogens is 1. The maximum absolute atomic E-state index is 5.91. The molecule has 0 aliphatic carbocycles. The van der Waals surface area contributed by atoms with E-state index >= 15 is 0 Å². The molecule has 0 bridgehead atoms. The van der Waals surface area contributed by atoms with E-state index in [9.17, 15) is 0 Å². The average molecular weight is 306 g/mol. The smallest absolute Gasteiger partial charge is 0.0415 e. The minimum atomic E-state index is 0.358. The Balaban J connectivity index is 2.07. The van der Waals surface area contributed by atoms with E-state index in [4.69, 9.17) is 11.6 Å². The van der Waals surface area contributed by atoms with Gasteiger partial charge in [0.05, 0.1) is 0 Å². The number of thioether (sulfide) groups is 1. The Bertz CT molecular complexity index is 566. The predicted octanol–water partition coefficient (Wildman–Crippen LogP) is 5.01. The zero-order valence-corrected chi connectivity index (χ0v) is 13.7. The first-order valence-electron chi connectivity index (χ1n) is 6.73. The van der Waals surface area contributed by atoms with Crippen molar-refractivity contribution in [3.05, 3.63) is 64.2 Å². The summed E-state index contributed by atoms with van der Waals surface area (Å²) >= 11 is 7.76. The molecule has 2 aromatic rings. The minimum Gasteiger partial charge on any atom is -0.312 e. The van der Waals surface area contributed by atoms with Crippen LogP contribution in [0.1, 0.15) is 22.7 Å². The van der Waals surface area contributed by atoms with E-state index in [0.717, 1.165) is 10.8 Å². The summed E-state index contributed by atoms with van der Waals surface area (Å²) in [7, 11) is 2.02. The van der Waals surface area contributed by atoms with Crippen molar-refractivity contribution in [1.29, 1.82) is 0 Å². The van der Waals surface area contributed by atoms with Crippen molar-refractivity contribution >= 4 is 23.4 Å². The van der Waals surface area contributed by atoms with E-state index in [1.54, 1.807) is 0 Å². The van der Waals surface area contributed by atoms with Gasteiger partial charge >= 0.3 is 0 Å². The highest BCUT2D eigenvalue weighted by Gasteiger charge is 2.12. The highest BCUT2D eigenvalue weighted by atomic mass is 35.5. The molecule has 0 amide bonds. The molecule has 0 spiro atoms. The fraction of sp³-hybridized carbons (Fsp3) is 0.294. The summed E-state index contributed by atoms with van der Waals surface area (Å²) in [4.78, 5) is 1.25. The van der Waals surface area contributed by atoms with E-state index in [-0.39, 0.29) is 0 Å². The molecule has 1 nitrogen and oxygen atoms in total. The Labute approximate surface area is 130 Å². The van der Waals surface area contributed by atoms with Gasteiger partial charge in [0, 0.05) is 21.7 Å². The molecule has 2 rings (SSSR count). The fourth-order valence-electron chi connectivity index (χ4n) is 2.26. The lowest BCUT2D eigenvalue weighted by molar-refractivity contribution is 0.657. The molecule has 3 heteroatoms. The molecule has 1 unspecified atom stereocenters. The molecule has 0 aliphatic heterocycles. The molecule has 0 aromatic heterocycles. The third kappa shape index (κ3) is 4.02. The molecule has 0 heterocycles. The van der Waals surface area contributed by atoms with Gasteiger partial charge in [0.1, 0.15) is 0 Å². The SMILES string of the molecule is CNC(CSc1ccc(Cl)cc1)c1ccc(C)cc1C. The second kappa shape index (κ2) is 7.16. The molecular formula is C17H20ClNS. The average Bonchev–Trinajstić information content (AvgIpc) is 2.43. The standard InChI is InChI=1S/C17H20ClNS/c1-12-4-9-16(13(2)10-12)17(19-3)11-20-15-7-5-14(18)6-8-15/h4-10,17,19H,11H2,1-3H3. The van der Waals surface area contributed by atoms with Gasteiger partial charge in [0.25, 0.3) is 0 Å². The minimum absolute atomic E-state index is 0.358. The highest BCUT2D eigenvalue weighted by molar-refractivity contribution is 7.99. The molecule has 0 fully saturated rings. The van der Waals surface area contributed by atoms with Crippen molar-refractivity contribution in [3.63, 3.8) is 0 Å². The van der Waals surface area contributed by atoms with Gasteiger partial charge in [-0.05, 0) is 56.3 Å². The van der Waals surface area contributed by atoms with Gasteiger partial charge in [-0.1, -0.05) is 35.4 Å². The van der Waals surface area contributed by atoms with Crippen LogP contribution in [0.5, 0.6) is 0 Å². The molecule has 0 saturated heterocycles. The van der Waals surface area contributed by atoms with Crippen molar-refractivity contribution in [2.75, 3.05) is 12.8 Å². The molecule has 1 atom stereocenters. The van der Waals surface area contributed by atoms with Crippen LogP contribution in [-0.4, -0.2) is 12.8 Å². The van der Waals surface area contributed by atoms with Crippen LogP contribution in [0.25, 0.3) is 0 Å². The summed E-state index contributed by atoms with van der Waals surface area (Å²) in [6.45, 7) is 4.31. The third-order valence-electron chi connectivity index (χ3n) is 3.38. The quantitative estimate of drug-likeness (QED) is 0.779. The van der Waals surface area contributed by atoms with E-state index < -0.39 is 0 Å². The number of aryl methyl sites for hydroxylation is 2. The van der Waals surface area contributed by atoms with Gasteiger partial charge in [-0.2, -0.15) is 0 Å². The predicted molar refractivity (Wildman–Crippen MR) is 89.9 cm³/mol. The van der Waals surface area contributed by atoms with Gasteiger partial charge in [-0.25, -0.2) is 0 Å². The van der Waals surface area contributed by atoms with Gasteiger partial charge in [-0.3, -0.25) is 0 Å². The van der Waals surface area contributed by atoms with E-state index in [1.165, 1.54) is 21.6 Å². The Kier molecular flexibility index (Phi) is 5.53. The summed E-state index contributed by atoms with van der Waals surface area (Å²) < 4.78 is 0. The highest BCUT2D eigenvalue weighted by Crippen LogP contribution is 2.27. The molecule has 0 aliphatic rings. The first-order valence-corrected chi connectivity index (χ1v) is 8.09. The van der Waals surface area contributed by atoms with Crippen LogP contribution in [0, 0.1) is 13.8 Å². The largest absolute Gasteiger partial charge is 0.312 e. The summed E-state index contributed by atoms with van der Waals surface area (Å²) in [5.41, 5.74) is 4.03. The van der Waals surface area contributed by atoms with Crippen LogP contribution in [0.3, 0.4) is 0 Å². The van der Waals surface area contributed by atoms with Gasteiger partial charge in [0.2, 0.25) is 0 Å². The molecule has 1 N–H and O–H groups in total. The molecule has 106 valence electrons. The van der Waals surface area contributed by atoms with Gasteiger partial charge < -0.3 is 5.32 Å². The van der Waals surface area contributed by atoms with Crippen molar-refractivity contribution in [2.45, 2.75) is 24.8 Å². The summed E-state index contributed by atoms with van der Waals surface area (Å²) in [6, 6.07) is 15.0. The first-order chi connectivity index (χ1) is 9.60. The van der Waals surface area contributed by atoms with E-state index in [1.807, 2.05) is 30.9 Å². The maximum atomic E-state index is 5.91. The number of hydrogen-bond acceptors (Lipinski definition) is 2. The second-order valence-corrected chi connectivity index (χ2v) is 6.50. The van der Waals surface area contributed by atoms with Crippen LogP contribution < -0.4 is 5.32 Å². The Morgan fingerprint density at radius 2 is 1.80 bits per heavy atom. The van der Waals surface area contributed by atoms with Crippen molar-refractivity contribution in [3.8, 4) is 0 Å².